The summed E-state index contributed by atoms with van der Waals surface area (Å²) in [5.74, 6) is 1.10. The summed E-state index contributed by atoms with van der Waals surface area (Å²) in [4.78, 5) is 12.2. The van der Waals surface area contributed by atoms with E-state index < -0.39 is 0 Å². The van der Waals surface area contributed by atoms with Gasteiger partial charge in [0.05, 0.1) is 0 Å². The zero-order chi connectivity index (χ0) is 17.9. The van der Waals surface area contributed by atoms with E-state index in [1.54, 1.807) is 26.0 Å². The van der Waals surface area contributed by atoms with E-state index in [2.05, 4.69) is 19.2 Å². The second kappa shape index (κ2) is 7.39. The molecular formula is C20H25NO3. The average Bonchev–Trinajstić information content (AvgIpc) is 2.50. The fourth-order valence-corrected chi connectivity index (χ4v) is 2.61. The summed E-state index contributed by atoms with van der Waals surface area (Å²) in [7, 11) is 0. The van der Waals surface area contributed by atoms with E-state index in [0.29, 0.717) is 11.6 Å². The van der Waals surface area contributed by atoms with Crippen LogP contribution in [0.15, 0.2) is 30.3 Å². The molecule has 0 fully saturated rings. The normalized spacial score (nSPS) is 10.8. The molecule has 0 saturated carbocycles. The number of carbonyl (C=O) groups is 1. The lowest BCUT2D eigenvalue weighted by molar-refractivity contribution is -0.118. The Kier molecular flexibility index (Phi) is 5.50. The van der Waals surface area contributed by atoms with Crippen LogP contribution in [0, 0.1) is 20.8 Å². The van der Waals surface area contributed by atoms with Gasteiger partial charge < -0.3 is 15.2 Å². The fraction of sp³-hybridized carbons (Fsp3) is 0.350. The van der Waals surface area contributed by atoms with E-state index in [9.17, 15) is 9.90 Å². The maximum Gasteiger partial charge on any atom is 0.262 e. The van der Waals surface area contributed by atoms with Gasteiger partial charge in [-0.1, -0.05) is 26.0 Å². The number of phenols is 1. The van der Waals surface area contributed by atoms with Crippen molar-refractivity contribution in [3.05, 3.63) is 52.6 Å². The highest BCUT2D eigenvalue weighted by Crippen LogP contribution is 2.28. The summed E-state index contributed by atoms with van der Waals surface area (Å²) < 4.78 is 5.74. The molecule has 128 valence electrons. The van der Waals surface area contributed by atoms with E-state index in [4.69, 9.17) is 4.74 Å². The Labute approximate surface area is 143 Å². The van der Waals surface area contributed by atoms with Crippen molar-refractivity contribution in [1.82, 2.24) is 0 Å². The number of carbonyl (C=O) groups excluding carboxylic acids is 1. The average molecular weight is 327 g/mol. The molecule has 0 saturated heterocycles. The lowest BCUT2D eigenvalue weighted by atomic mass is 10.0. The van der Waals surface area contributed by atoms with Crippen molar-refractivity contribution in [2.75, 3.05) is 11.9 Å². The maximum atomic E-state index is 12.2. The minimum atomic E-state index is -0.226. The van der Waals surface area contributed by atoms with Gasteiger partial charge in [-0.05, 0) is 67.1 Å². The third-order valence-corrected chi connectivity index (χ3v) is 3.92. The molecule has 4 nitrogen and oxygen atoms in total. The molecule has 2 aromatic carbocycles. The minimum absolute atomic E-state index is 0.0534. The highest BCUT2D eigenvalue weighted by Gasteiger charge is 2.11. The number of anilines is 1. The van der Waals surface area contributed by atoms with Gasteiger partial charge in [0.25, 0.3) is 5.91 Å². The van der Waals surface area contributed by atoms with Crippen LogP contribution < -0.4 is 10.1 Å². The Balaban J connectivity index is 2.05. The van der Waals surface area contributed by atoms with Crippen LogP contribution >= 0.6 is 0 Å². The molecule has 0 bridgehead atoms. The van der Waals surface area contributed by atoms with Gasteiger partial charge >= 0.3 is 0 Å². The monoisotopic (exact) mass is 327 g/mol. The summed E-state index contributed by atoms with van der Waals surface area (Å²) in [6.07, 6.45) is 0. The Morgan fingerprint density at radius 1 is 1.12 bits per heavy atom. The predicted molar refractivity (Wildman–Crippen MR) is 97.0 cm³/mol. The lowest BCUT2D eigenvalue weighted by Crippen LogP contribution is -2.20. The summed E-state index contributed by atoms with van der Waals surface area (Å²) in [5, 5.41) is 12.6. The van der Waals surface area contributed by atoms with Gasteiger partial charge in [-0.25, -0.2) is 0 Å². The molecule has 0 atom stereocenters. The fourth-order valence-electron chi connectivity index (χ4n) is 2.61. The molecule has 0 radical (unpaired) electrons. The smallest absolute Gasteiger partial charge is 0.262 e. The highest BCUT2D eigenvalue weighted by atomic mass is 16.5. The van der Waals surface area contributed by atoms with Gasteiger partial charge in [-0.2, -0.15) is 0 Å². The van der Waals surface area contributed by atoms with Crippen molar-refractivity contribution in [3.8, 4) is 11.5 Å². The van der Waals surface area contributed by atoms with Gasteiger partial charge in [-0.3, -0.25) is 4.79 Å². The van der Waals surface area contributed by atoms with Gasteiger partial charge in [0.15, 0.2) is 6.61 Å². The van der Waals surface area contributed by atoms with Crippen LogP contribution in [0.4, 0.5) is 5.69 Å². The van der Waals surface area contributed by atoms with Gasteiger partial charge in [-0.15, -0.1) is 0 Å². The number of hydrogen-bond donors (Lipinski definition) is 2. The third-order valence-electron chi connectivity index (χ3n) is 3.92. The van der Waals surface area contributed by atoms with Gasteiger partial charge in [0.2, 0.25) is 0 Å². The van der Waals surface area contributed by atoms with Crippen molar-refractivity contribution in [3.63, 3.8) is 0 Å². The summed E-state index contributed by atoms with van der Waals surface area (Å²) in [6.45, 7) is 9.74. The number of rotatable bonds is 5. The molecule has 0 aliphatic rings. The second-order valence-electron chi connectivity index (χ2n) is 6.49. The lowest BCUT2D eigenvalue weighted by Gasteiger charge is -2.15. The molecule has 1 amide bonds. The Morgan fingerprint density at radius 3 is 2.33 bits per heavy atom. The minimum Gasteiger partial charge on any atom is -0.507 e. The number of aromatic hydroxyl groups is 1. The Hall–Kier alpha value is -2.49. The van der Waals surface area contributed by atoms with Crippen molar-refractivity contribution in [1.29, 1.82) is 0 Å². The maximum absolute atomic E-state index is 12.2. The first-order valence-electron chi connectivity index (χ1n) is 8.11. The van der Waals surface area contributed by atoms with Crippen LogP contribution in [0.1, 0.15) is 42.0 Å². The number of aryl methyl sites for hydroxylation is 3. The van der Waals surface area contributed by atoms with Crippen molar-refractivity contribution >= 4 is 11.6 Å². The van der Waals surface area contributed by atoms with Crippen molar-refractivity contribution in [2.45, 2.75) is 40.5 Å². The predicted octanol–water partition coefficient (Wildman–Crippen LogP) is 4.46. The second-order valence-corrected chi connectivity index (χ2v) is 6.49. The third kappa shape index (κ3) is 4.28. The number of hydrogen-bond acceptors (Lipinski definition) is 3. The van der Waals surface area contributed by atoms with Crippen LogP contribution in [0.25, 0.3) is 0 Å². The molecule has 0 aromatic heterocycles. The van der Waals surface area contributed by atoms with Crippen LogP contribution in [0.5, 0.6) is 11.5 Å². The first-order valence-corrected chi connectivity index (χ1v) is 8.11. The number of amides is 1. The summed E-state index contributed by atoms with van der Waals surface area (Å²) >= 11 is 0. The molecule has 0 aliphatic carbocycles. The van der Waals surface area contributed by atoms with Crippen molar-refractivity contribution in [2.24, 2.45) is 0 Å². The van der Waals surface area contributed by atoms with E-state index in [1.165, 1.54) is 0 Å². The van der Waals surface area contributed by atoms with Crippen molar-refractivity contribution < 1.29 is 14.6 Å². The molecule has 0 heterocycles. The quantitative estimate of drug-likeness (QED) is 0.797. The zero-order valence-electron chi connectivity index (χ0n) is 14.9. The van der Waals surface area contributed by atoms with Gasteiger partial charge in [0, 0.05) is 5.69 Å². The molecule has 0 aliphatic heterocycles. The van der Waals surface area contributed by atoms with Crippen LogP contribution in [-0.2, 0) is 4.79 Å². The number of phenolic OH excluding ortho intramolecular Hbond substituents is 1. The van der Waals surface area contributed by atoms with Crippen LogP contribution in [0.3, 0.4) is 0 Å². The number of benzene rings is 2. The van der Waals surface area contributed by atoms with E-state index in [-0.39, 0.29) is 18.3 Å². The highest BCUT2D eigenvalue weighted by molar-refractivity contribution is 5.92. The molecule has 0 unspecified atom stereocenters. The Bertz CT molecular complexity index is 728. The summed E-state index contributed by atoms with van der Waals surface area (Å²) in [5.41, 5.74) is 4.30. The van der Waals surface area contributed by atoms with Gasteiger partial charge in [0.1, 0.15) is 11.5 Å². The molecule has 2 aromatic rings. The standard InChI is InChI=1S/C20H25NO3/c1-12(2)17-7-6-13(3)8-18(17)24-11-19(22)21-16-9-14(4)20(23)15(5)10-16/h6-10,12,23H,11H2,1-5H3,(H,21,22). The largest absolute Gasteiger partial charge is 0.507 e. The van der Waals surface area contributed by atoms with E-state index >= 15 is 0 Å². The molecular weight excluding hydrogens is 302 g/mol. The van der Waals surface area contributed by atoms with Crippen LogP contribution in [0.2, 0.25) is 0 Å². The molecule has 2 rings (SSSR count). The molecule has 2 N–H and O–H groups in total. The summed E-state index contributed by atoms with van der Waals surface area (Å²) in [6, 6.07) is 9.53. The number of ether oxygens (including phenoxy) is 1. The Morgan fingerprint density at radius 2 is 1.75 bits per heavy atom. The topological polar surface area (TPSA) is 58.6 Å². The molecule has 0 spiro atoms. The first-order chi connectivity index (χ1) is 11.3. The zero-order valence-corrected chi connectivity index (χ0v) is 14.9. The number of nitrogens with one attached hydrogen (secondary N) is 1. The van der Waals surface area contributed by atoms with Crippen LogP contribution in [-0.4, -0.2) is 17.6 Å². The first kappa shape index (κ1) is 17.9. The van der Waals surface area contributed by atoms with E-state index in [0.717, 1.165) is 28.0 Å². The SMILES string of the molecule is Cc1ccc(C(C)C)c(OCC(=O)Nc2cc(C)c(O)c(C)c2)c1. The molecule has 4 heteroatoms. The van der Waals surface area contributed by atoms with E-state index in [1.807, 2.05) is 25.1 Å². The molecule has 24 heavy (non-hydrogen) atoms.